The predicted molar refractivity (Wildman–Crippen MR) is 71.2 cm³/mol. The SMILES string of the molecule is N#Cc1ccc(C(Sc2ccccc2)C(=O)[O-])cc1. The van der Waals surface area contributed by atoms with Crippen molar-refractivity contribution in [1.29, 1.82) is 5.26 Å². The van der Waals surface area contributed by atoms with E-state index in [1.54, 1.807) is 24.3 Å². The van der Waals surface area contributed by atoms with Crippen molar-refractivity contribution in [2.24, 2.45) is 0 Å². The molecule has 3 nitrogen and oxygen atoms in total. The Kier molecular flexibility index (Phi) is 4.22. The quantitative estimate of drug-likeness (QED) is 0.797. The molecule has 0 saturated heterocycles. The maximum atomic E-state index is 11.3. The van der Waals surface area contributed by atoms with E-state index in [1.165, 1.54) is 11.8 Å². The fourth-order valence-electron chi connectivity index (χ4n) is 1.62. The van der Waals surface area contributed by atoms with Gasteiger partial charge in [-0.3, -0.25) is 0 Å². The van der Waals surface area contributed by atoms with E-state index in [9.17, 15) is 9.90 Å². The first-order valence-electron chi connectivity index (χ1n) is 5.63. The third-order valence-corrected chi connectivity index (χ3v) is 3.80. The van der Waals surface area contributed by atoms with Crippen LogP contribution in [0.25, 0.3) is 0 Å². The van der Waals surface area contributed by atoms with Crippen molar-refractivity contribution in [1.82, 2.24) is 0 Å². The highest BCUT2D eigenvalue weighted by Gasteiger charge is 2.14. The standard InChI is InChI=1S/C15H11NO2S/c16-10-11-6-8-12(9-7-11)14(15(17)18)19-13-4-2-1-3-5-13/h1-9,14H,(H,17,18)/p-1. The van der Waals surface area contributed by atoms with Gasteiger partial charge in [0.2, 0.25) is 0 Å². The number of carboxylic acids is 1. The average Bonchev–Trinajstić information content (AvgIpc) is 2.46. The summed E-state index contributed by atoms with van der Waals surface area (Å²) < 4.78 is 0. The monoisotopic (exact) mass is 268 g/mol. The highest BCUT2D eigenvalue weighted by molar-refractivity contribution is 8.00. The molecule has 0 radical (unpaired) electrons. The Morgan fingerprint density at radius 2 is 1.74 bits per heavy atom. The Morgan fingerprint density at radius 3 is 2.26 bits per heavy atom. The van der Waals surface area contributed by atoms with Crippen LogP contribution >= 0.6 is 11.8 Å². The molecule has 0 heterocycles. The lowest BCUT2D eigenvalue weighted by atomic mass is 10.1. The molecule has 0 amide bonds. The molecule has 19 heavy (non-hydrogen) atoms. The van der Waals surface area contributed by atoms with Crippen LogP contribution in [0.3, 0.4) is 0 Å². The van der Waals surface area contributed by atoms with Crippen LogP contribution in [0.15, 0.2) is 59.5 Å². The van der Waals surface area contributed by atoms with E-state index in [4.69, 9.17) is 5.26 Å². The van der Waals surface area contributed by atoms with E-state index in [1.807, 2.05) is 36.4 Å². The van der Waals surface area contributed by atoms with Crippen molar-refractivity contribution in [2.75, 3.05) is 0 Å². The molecule has 1 atom stereocenters. The number of rotatable bonds is 4. The molecular formula is C15H10NO2S-. The van der Waals surface area contributed by atoms with Crippen LogP contribution < -0.4 is 5.11 Å². The second-order valence-electron chi connectivity index (χ2n) is 3.86. The van der Waals surface area contributed by atoms with Gasteiger partial charge < -0.3 is 9.90 Å². The van der Waals surface area contributed by atoms with Gasteiger partial charge >= 0.3 is 0 Å². The molecule has 0 bridgehead atoms. The van der Waals surface area contributed by atoms with Crippen molar-refractivity contribution in [3.05, 3.63) is 65.7 Å². The lowest BCUT2D eigenvalue weighted by Gasteiger charge is -2.18. The molecule has 0 aliphatic carbocycles. The third-order valence-electron chi connectivity index (χ3n) is 2.55. The van der Waals surface area contributed by atoms with E-state index in [0.29, 0.717) is 11.1 Å². The molecule has 0 N–H and O–H groups in total. The van der Waals surface area contributed by atoms with Crippen LogP contribution in [0.2, 0.25) is 0 Å². The highest BCUT2D eigenvalue weighted by Crippen LogP contribution is 2.34. The Hall–Kier alpha value is -2.25. The normalized spacial score (nSPS) is 11.5. The fraction of sp³-hybridized carbons (Fsp3) is 0.0667. The number of thioether (sulfide) groups is 1. The Morgan fingerprint density at radius 1 is 1.11 bits per heavy atom. The van der Waals surface area contributed by atoms with Crippen molar-refractivity contribution in [3.63, 3.8) is 0 Å². The first-order chi connectivity index (χ1) is 9.20. The van der Waals surface area contributed by atoms with Crippen LogP contribution in [-0.4, -0.2) is 5.97 Å². The Labute approximate surface area is 115 Å². The number of carboxylic acid groups (broad SMARTS) is 1. The summed E-state index contributed by atoms with van der Waals surface area (Å²) >= 11 is 1.22. The molecule has 0 saturated carbocycles. The minimum Gasteiger partial charge on any atom is -0.549 e. The van der Waals surface area contributed by atoms with Crippen LogP contribution in [0.1, 0.15) is 16.4 Å². The summed E-state index contributed by atoms with van der Waals surface area (Å²) in [5.74, 6) is -1.14. The lowest BCUT2D eigenvalue weighted by molar-refractivity contribution is -0.305. The van der Waals surface area contributed by atoms with Gasteiger partial charge in [-0.2, -0.15) is 5.26 Å². The first kappa shape index (κ1) is 13.2. The number of hydrogen-bond donors (Lipinski definition) is 0. The lowest BCUT2D eigenvalue weighted by Crippen LogP contribution is -2.28. The van der Waals surface area contributed by atoms with Gasteiger partial charge in [0, 0.05) is 4.90 Å². The number of benzene rings is 2. The van der Waals surface area contributed by atoms with Crippen LogP contribution in [-0.2, 0) is 4.79 Å². The molecule has 0 aromatic heterocycles. The summed E-state index contributed by atoms with van der Waals surface area (Å²) in [6.45, 7) is 0. The first-order valence-corrected chi connectivity index (χ1v) is 6.51. The van der Waals surface area contributed by atoms with Gasteiger partial charge in [0.05, 0.1) is 22.9 Å². The van der Waals surface area contributed by atoms with Crippen LogP contribution in [0.4, 0.5) is 0 Å². The molecule has 94 valence electrons. The molecule has 0 aliphatic heterocycles. The Bertz CT molecular complexity index is 602. The van der Waals surface area contributed by atoms with E-state index in [0.717, 1.165) is 4.90 Å². The molecule has 2 aromatic carbocycles. The zero-order chi connectivity index (χ0) is 13.7. The van der Waals surface area contributed by atoms with E-state index in [-0.39, 0.29) is 0 Å². The smallest absolute Gasteiger partial charge is 0.0991 e. The van der Waals surface area contributed by atoms with Crippen molar-refractivity contribution >= 4 is 17.7 Å². The van der Waals surface area contributed by atoms with Gasteiger partial charge in [-0.1, -0.05) is 30.3 Å². The van der Waals surface area contributed by atoms with E-state index < -0.39 is 11.2 Å². The molecule has 0 fully saturated rings. The van der Waals surface area contributed by atoms with Crippen LogP contribution in [0.5, 0.6) is 0 Å². The zero-order valence-corrected chi connectivity index (χ0v) is 10.8. The van der Waals surface area contributed by atoms with Gasteiger partial charge in [0.15, 0.2) is 0 Å². The number of carbonyl (C=O) groups is 1. The number of carbonyl (C=O) groups excluding carboxylic acids is 1. The summed E-state index contributed by atoms with van der Waals surface area (Å²) in [7, 11) is 0. The van der Waals surface area contributed by atoms with Gasteiger partial charge in [-0.05, 0) is 29.8 Å². The van der Waals surface area contributed by atoms with Crippen molar-refractivity contribution < 1.29 is 9.90 Å². The minimum atomic E-state index is -1.14. The second-order valence-corrected chi connectivity index (χ2v) is 5.04. The summed E-state index contributed by atoms with van der Waals surface area (Å²) in [6.07, 6.45) is 0. The van der Waals surface area contributed by atoms with Crippen molar-refractivity contribution in [3.8, 4) is 6.07 Å². The van der Waals surface area contributed by atoms with Crippen molar-refractivity contribution in [2.45, 2.75) is 10.1 Å². The third kappa shape index (κ3) is 3.36. The summed E-state index contributed by atoms with van der Waals surface area (Å²) in [6, 6.07) is 17.8. The van der Waals surface area contributed by atoms with E-state index >= 15 is 0 Å². The largest absolute Gasteiger partial charge is 0.549 e. The number of nitrogens with zero attached hydrogens (tertiary/aromatic N) is 1. The van der Waals surface area contributed by atoms with Gasteiger partial charge in [-0.25, -0.2) is 0 Å². The molecule has 0 aliphatic rings. The zero-order valence-electron chi connectivity index (χ0n) is 9.95. The molecule has 2 aromatic rings. The molecule has 2 rings (SSSR count). The average molecular weight is 268 g/mol. The number of hydrogen-bond acceptors (Lipinski definition) is 4. The number of aliphatic carboxylic acids is 1. The minimum absolute atomic E-state index is 0.505. The van der Waals surface area contributed by atoms with Gasteiger partial charge in [0.1, 0.15) is 0 Å². The maximum absolute atomic E-state index is 11.3. The predicted octanol–water partition coefficient (Wildman–Crippen LogP) is 2.14. The molecule has 4 heteroatoms. The molecular weight excluding hydrogens is 258 g/mol. The second kappa shape index (κ2) is 6.07. The van der Waals surface area contributed by atoms with Crippen LogP contribution in [0, 0.1) is 11.3 Å². The topological polar surface area (TPSA) is 63.9 Å². The van der Waals surface area contributed by atoms with E-state index in [2.05, 4.69) is 0 Å². The summed E-state index contributed by atoms with van der Waals surface area (Å²) in [4.78, 5) is 12.1. The Balaban J connectivity index is 2.25. The fourth-order valence-corrected chi connectivity index (χ4v) is 2.60. The van der Waals surface area contributed by atoms with Gasteiger partial charge in [-0.15, -0.1) is 11.8 Å². The maximum Gasteiger partial charge on any atom is 0.0991 e. The summed E-state index contributed by atoms with van der Waals surface area (Å²) in [5, 5.41) is 19.2. The summed E-state index contributed by atoms with van der Waals surface area (Å²) in [5.41, 5.74) is 1.12. The molecule has 0 spiro atoms. The number of nitriles is 1. The highest BCUT2D eigenvalue weighted by atomic mass is 32.2. The molecule has 1 unspecified atom stereocenters. The van der Waals surface area contributed by atoms with Gasteiger partial charge in [0.25, 0.3) is 0 Å².